The Morgan fingerprint density at radius 1 is 0.714 bits per heavy atom. The van der Waals surface area contributed by atoms with Gasteiger partial charge in [0.05, 0.1) is 29.0 Å². The molecule has 0 spiro atoms. The van der Waals surface area contributed by atoms with Crippen molar-refractivity contribution in [2.24, 2.45) is 0 Å². The third kappa shape index (κ3) is 4.17. The zero-order chi connectivity index (χ0) is 19.3. The Bertz CT molecular complexity index is 773. The largest absolute Gasteiger partial charge is 0.467 e. The molecule has 1 aliphatic carbocycles. The minimum absolute atomic E-state index is 0.333. The molecule has 6 nitrogen and oxygen atoms in total. The number of ether oxygens (including phenoxy) is 3. The lowest BCUT2D eigenvalue weighted by atomic mass is 9.89. The molecule has 150 valence electrons. The fourth-order valence-electron chi connectivity index (χ4n) is 3.74. The second-order valence-corrected chi connectivity index (χ2v) is 8.91. The molecule has 1 aliphatic rings. The highest BCUT2D eigenvalue weighted by molar-refractivity contribution is 6.15. The molecule has 0 N–H and O–H groups in total. The molecule has 0 bridgehead atoms. The van der Waals surface area contributed by atoms with Crippen LogP contribution in [0.15, 0.2) is 68.4 Å². The standard InChI is InChI=1S/C21H26O6Si/c28-21(27-16-19-8-5-13-24-19)10-2-1-9-20(21,25-14-17-6-3-11-22-17)26-15-18-7-4-12-23-18/h3-8,11-13H,1-2,9-10,14-16H2,28H3. The van der Waals surface area contributed by atoms with Gasteiger partial charge in [0.2, 0.25) is 0 Å². The van der Waals surface area contributed by atoms with E-state index in [-0.39, 0.29) is 0 Å². The molecule has 1 fully saturated rings. The molecular weight excluding hydrogens is 376 g/mol. The summed E-state index contributed by atoms with van der Waals surface area (Å²) in [5, 5.41) is -0.503. The summed E-state index contributed by atoms with van der Waals surface area (Å²) in [4.78, 5) is 0. The topological polar surface area (TPSA) is 67.1 Å². The number of rotatable bonds is 9. The molecule has 1 saturated carbocycles. The third-order valence-electron chi connectivity index (χ3n) is 5.38. The first-order valence-corrected chi connectivity index (χ1v) is 10.7. The van der Waals surface area contributed by atoms with Gasteiger partial charge >= 0.3 is 0 Å². The fourth-order valence-corrected chi connectivity index (χ4v) is 4.77. The van der Waals surface area contributed by atoms with E-state index in [1.54, 1.807) is 18.8 Å². The third-order valence-corrected chi connectivity index (χ3v) is 6.93. The van der Waals surface area contributed by atoms with Crippen LogP contribution < -0.4 is 0 Å². The molecule has 4 rings (SSSR count). The van der Waals surface area contributed by atoms with Crippen LogP contribution in [0.2, 0.25) is 0 Å². The van der Waals surface area contributed by atoms with E-state index in [2.05, 4.69) is 0 Å². The van der Waals surface area contributed by atoms with Crippen LogP contribution in [-0.2, 0) is 34.0 Å². The molecule has 3 heterocycles. The molecule has 0 aromatic carbocycles. The van der Waals surface area contributed by atoms with Crippen molar-refractivity contribution < 1.29 is 27.5 Å². The van der Waals surface area contributed by atoms with Gasteiger partial charge in [0.1, 0.15) is 42.3 Å². The second kappa shape index (κ2) is 8.53. The Hall–Kier alpha value is -2.06. The van der Waals surface area contributed by atoms with Gasteiger partial charge in [-0.25, -0.2) is 0 Å². The average molecular weight is 403 g/mol. The smallest absolute Gasteiger partial charge is 0.194 e. The summed E-state index contributed by atoms with van der Waals surface area (Å²) in [6.07, 6.45) is 8.70. The van der Waals surface area contributed by atoms with Crippen molar-refractivity contribution in [3.05, 3.63) is 72.5 Å². The summed E-state index contributed by atoms with van der Waals surface area (Å²) in [5.41, 5.74) is 0. The summed E-state index contributed by atoms with van der Waals surface area (Å²) in [5.74, 6) is 1.47. The van der Waals surface area contributed by atoms with Crippen molar-refractivity contribution in [2.75, 3.05) is 0 Å². The Morgan fingerprint density at radius 2 is 1.18 bits per heavy atom. The molecule has 1 atom stereocenters. The highest BCUT2D eigenvalue weighted by atomic mass is 28.1. The minimum atomic E-state index is -0.857. The maximum absolute atomic E-state index is 6.43. The van der Waals surface area contributed by atoms with Crippen LogP contribution in [0.5, 0.6) is 0 Å². The van der Waals surface area contributed by atoms with Crippen LogP contribution in [0.25, 0.3) is 0 Å². The maximum Gasteiger partial charge on any atom is 0.194 e. The summed E-state index contributed by atoms with van der Waals surface area (Å²) in [6.45, 7) is 1.06. The van der Waals surface area contributed by atoms with E-state index in [9.17, 15) is 0 Å². The van der Waals surface area contributed by atoms with Crippen molar-refractivity contribution in [1.29, 1.82) is 0 Å². The lowest BCUT2D eigenvalue weighted by Gasteiger charge is -2.50. The van der Waals surface area contributed by atoms with Crippen LogP contribution >= 0.6 is 0 Å². The Morgan fingerprint density at radius 3 is 1.64 bits per heavy atom. The molecule has 0 saturated heterocycles. The molecule has 28 heavy (non-hydrogen) atoms. The minimum Gasteiger partial charge on any atom is -0.467 e. The molecule has 7 heteroatoms. The highest BCUT2D eigenvalue weighted by Gasteiger charge is 2.53. The zero-order valence-electron chi connectivity index (χ0n) is 16.1. The van der Waals surface area contributed by atoms with Crippen molar-refractivity contribution in [2.45, 2.75) is 56.5 Å². The normalized spacial score (nSPS) is 21.9. The highest BCUT2D eigenvalue weighted by Crippen LogP contribution is 2.43. The SMILES string of the molecule is [SiH3]C1(OCc2ccco2)CCCCC1(OCc1ccco1)OCc1ccco1. The van der Waals surface area contributed by atoms with Gasteiger partial charge in [0, 0.05) is 6.42 Å². The van der Waals surface area contributed by atoms with Gasteiger partial charge in [-0.05, 0) is 49.2 Å². The van der Waals surface area contributed by atoms with Gasteiger partial charge in [-0.2, -0.15) is 0 Å². The van der Waals surface area contributed by atoms with Crippen molar-refractivity contribution in [3.8, 4) is 0 Å². The van der Waals surface area contributed by atoms with Crippen LogP contribution in [0.1, 0.15) is 43.0 Å². The summed E-state index contributed by atoms with van der Waals surface area (Å²) in [7, 11) is 0.748. The van der Waals surface area contributed by atoms with Crippen LogP contribution in [0.3, 0.4) is 0 Å². The Kier molecular flexibility index (Phi) is 5.87. The van der Waals surface area contributed by atoms with E-state index in [4.69, 9.17) is 27.5 Å². The molecule has 0 aliphatic heterocycles. The number of hydrogen-bond donors (Lipinski definition) is 0. The van der Waals surface area contributed by atoms with Gasteiger partial charge in [-0.3, -0.25) is 0 Å². The fraction of sp³-hybridized carbons (Fsp3) is 0.429. The molecule has 1 unspecified atom stereocenters. The zero-order valence-corrected chi connectivity index (χ0v) is 18.1. The van der Waals surface area contributed by atoms with Gasteiger partial charge in [0.25, 0.3) is 0 Å². The first-order chi connectivity index (χ1) is 13.7. The summed E-state index contributed by atoms with van der Waals surface area (Å²) in [6, 6.07) is 11.3. The quantitative estimate of drug-likeness (QED) is 0.401. The van der Waals surface area contributed by atoms with Crippen molar-refractivity contribution in [3.63, 3.8) is 0 Å². The van der Waals surface area contributed by atoms with E-state index >= 15 is 0 Å². The number of hydrogen-bond acceptors (Lipinski definition) is 6. The number of furan rings is 3. The predicted molar refractivity (Wildman–Crippen MR) is 104 cm³/mol. The van der Waals surface area contributed by atoms with E-state index in [1.807, 2.05) is 36.4 Å². The van der Waals surface area contributed by atoms with Crippen molar-refractivity contribution in [1.82, 2.24) is 0 Å². The Labute approximate surface area is 167 Å². The predicted octanol–water partition coefficient (Wildman–Crippen LogP) is 3.75. The molecular formula is C21H26O6Si. The lowest BCUT2D eigenvalue weighted by molar-refractivity contribution is -0.334. The molecule has 3 aromatic heterocycles. The van der Waals surface area contributed by atoms with Crippen molar-refractivity contribution >= 4 is 10.2 Å². The first-order valence-electron chi connectivity index (χ1n) is 9.68. The molecule has 0 radical (unpaired) electrons. The summed E-state index contributed by atoms with van der Waals surface area (Å²) >= 11 is 0. The van der Waals surface area contributed by atoms with E-state index in [0.29, 0.717) is 19.8 Å². The van der Waals surface area contributed by atoms with Gasteiger partial charge in [0.15, 0.2) is 5.79 Å². The van der Waals surface area contributed by atoms with Crippen LogP contribution in [-0.4, -0.2) is 21.3 Å². The first kappa shape index (κ1) is 19.3. The van der Waals surface area contributed by atoms with E-state index < -0.39 is 11.0 Å². The average Bonchev–Trinajstić information content (AvgIpc) is 3.49. The second-order valence-electron chi connectivity index (χ2n) is 7.29. The van der Waals surface area contributed by atoms with E-state index in [0.717, 1.165) is 53.2 Å². The van der Waals surface area contributed by atoms with Gasteiger partial charge in [-0.15, -0.1) is 0 Å². The summed E-state index contributed by atoms with van der Waals surface area (Å²) < 4.78 is 35.6. The Balaban J connectivity index is 1.55. The van der Waals surface area contributed by atoms with Gasteiger partial charge in [-0.1, -0.05) is 6.42 Å². The maximum atomic E-state index is 6.43. The lowest BCUT2D eigenvalue weighted by Crippen LogP contribution is -2.61. The van der Waals surface area contributed by atoms with Gasteiger partial charge < -0.3 is 27.5 Å². The molecule has 0 amide bonds. The van der Waals surface area contributed by atoms with Crippen LogP contribution in [0.4, 0.5) is 0 Å². The monoisotopic (exact) mass is 402 g/mol. The van der Waals surface area contributed by atoms with E-state index in [1.165, 1.54) is 0 Å². The van der Waals surface area contributed by atoms with Crippen LogP contribution in [0, 0.1) is 0 Å². The molecule has 3 aromatic rings.